The summed E-state index contributed by atoms with van der Waals surface area (Å²) in [5.74, 6) is 2.26. The summed E-state index contributed by atoms with van der Waals surface area (Å²) in [5, 5.41) is 7.51. The molecule has 1 aromatic heterocycles. The molecule has 1 aliphatic rings. The third-order valence-electron chi connectivity index (χ3n) is 5.17. The molecule has 0 bridgehead atoms. The van der Waals surface area contributed by atoms with Crippen LogP contribution in [0.2, 0.25) is 0 Å². The Morgan fingerprint density at radius 2 is 1.57 bits per heavy atom. The van der Waals surface area contributed by atoms with Gasteiger partial charge in [-0.1, -0.05) is 67.6 Å². The van der Waals surface area contributed by atoms with Crippen molar-refractivity contribution < 1.29 is 0 Å². The number of benzene rings is 3. The molecular formula is C24H22N6. The number of hydrazine groups is 1. The van der Waals surface area contributed by atoms with Gasteiger partial charge in [-0.2, -0.15) is 5.10 Å². The Labute approximate surface area is 175 Å². The second-order valence-electron chi connectivity index (χ2n) is 7.21. The number of nitrogens with zero attached hydrogens (tertiary/aromatic N) is 3. The van der Waals surface area contributed by atoms with Crippen LogP contribution < -0.4 is 10.9 Å². The number of hydrogen-bond donors (Lipinski definition) is 3. The Morgan fingerprint density at radius 3 is 2.33 bits per heavy atom. The van der Waals surface area contributed by atoms with Gasteiger partial charge >= 0.3 is 0 Å². The summed E-state index contributed by atoms with van der Waals surface area (Å²) < 4.78 is 0. The molecule has 3 aromatic carbocycles. The van der Waals surface area contributed by atoms with Crippen LogP contribution in [0.15, 0.2) is 83.9 Å². The summed E-state index contributed by atoms with van der Waals surface area (Å²) >= 11 is 0. The predicted molar refractivity (Wildman–Crippen MR) is 119 cm³/mol. The minimum atomic E-state index is -0.108. The lowest BCUT2D eigenvalue weighted by molar-refractivity contribution is 0.575. The van der Waals surface area contributed by atoms with Gasteiger partial charge in [-0.3, -0.25) is 5.10 Å². The van der Waals surface area contributed by atoms with Gasteiger partial charge in [0, 0.05) is 16.7 Å². The van der Waals surface area contributed by atoms with Crippen LogP contribution in [0.1, 0.15) is 29.8 Å². The fourth-order valence-corrected chi connectivity index (χ4v) is 3.55. The summed E-state index contributed by atoms with van der Waals surface area (Å²) in [4.78, 5) is 9.55. The monoisotopic (exact) mass is 394 g/mol. The maximum Gasteiger partial charge on any atom is 0.181 e. The first-order chi connectivity index (χ1) is 14.8. The third kappa shape index (κ3) is 3.60. The van der Waals surface area contributed by atoms with E-state index in [9.17, 15) is 0 Å². The van der Waals surface area contributed by atoms with Crippen LogP contribution >= 0.6 is 0 Å². The van der Waals surface area contributed by atoms with Gasteiger partial charge in [0.2, 0.25) is 0 Å². The van der Waals surface area contributed by atoms with Crippen molar-refractivity contribution in [1.29, 1.82) is 0 Å². The van der Waals surface area contributed by atoms with Crippen LogP contribution in [0.25, 0.3) is 22.8 Å². The van der Waals surface area contributed by atoms with Crippen LogP contribution in [0, 0.1) is 0 Å². The van der Waals surface area contributed by atoms with Gasteiger partial charge in [0.15, 0.2) is 11.6 Å². The molecule has 2 heterocycles. The molecular weight excluding hydrogens is 372 g/mol. The van der Waals surface area contributed by atoms with Crippen molar-refractivity contribution in [1.82, 2.24) is 26.0 Å². The minimum Gasteiger partial charge on any atom is -0.303 e. The Bertz CT molecular complexity index is 1180. The first-order valence-corrected chi connectivity index (χ1v) is 10.1. The maximum atomic E-state index is 4.84. The van der Waals surface area contributed by atoms with Crippen molar-refractivity contribution in [2.24, 2.45) is 4.99 Å². The van der Waals surface area contributed by atoms with Crippen molar-refractivity contribution >= 4 is 5.84 Å². The van der Waals surface area contributed by atoms with E-state index >= 15 is 0 Å². The SMILES string of the molecule is CCc1cc(C2=NC(c3ccccc3)NN2)cc(-c2n[nH]c(-c3ccccc3)n2)c1. The number of aromatic amines is 1. The summed E-state index contributed by atoms with van der Waals surface area (Å²) in [6, 6.07) is 26.6. The molecule has 0 fully saturated rings. The average molecular weight is 394 g/mol. The molecule has 1 atom stereocenters. The van der Waals surface area contributed by atoms with E-state index in [1.165, 1.54) is 5.56 Å². The average Bonchev–Trinajstić information content (AvgIpc) is 3.50. The molecule has 4 aromatic rings. The van der Waals surface area contributed by atoms with Crippen molar-refractivity contribution in [2.45, 2.75) is 19.5 Å². The smallest absolute Gasteiger partial charge is 0.181 e. The lowest BCUT2D eigenvalue weighted by Gasteiger charge is -2.07. The number of hydrogen-bond acceptors (Lipinski definition) is 5. The number of rotatable bonds is 5. The minimum absolute atomic E-state index is 0.108. The first kappa shape index (κ1) is 18.3. The standard InChI is InChI=1S/C24H22N6/c1-2-16-13-19(23-25-21(27-29-23)17-9-5-3-6-10-17)15-20(14-16)24-26-22(28-30-24)18-11-7-4-8-12-18/h3-15,21,27H,2H2,1H3,(H,25,29)(H,26,28,30). The number of aliphatic imine (C=N–C) groups is 1. The highest BCUT2D eigenvalue weighted by atomic mass is 15.5. The van der Waals surface area contributed by atoms with Crippen LogP contribution in [-0.4, -0.2) is 21.0 Å². The van der Waals surface area contributed by atoms with Crippen LogP contribution in [0.3, 0.4) is 0 Å². The zero-order chi connectivity index (χ0) is 20.3. The number of aromatic nitrogens is 3. The Balaban J connectivity index is 1.49. The molecule has 148 valence electrons. The molecule has 3 N–H and O–H groups in total. The molecule has 1 unspecified atom stereocenters. The molecule has 6 nitrogen and oxygen atoms in total. The molecule has 0 spiro atoms. The normalized spacial score (nSPS) is 15.6. The van der Waals surface area contributed by atoms with Gasteiger partial charge in [0.1, 0.15) is 12.0 Å². The summed E-state index contributed by atoms with van der Waals surface area (Å²) in [6.45, 7) is 2.14. The van der Waals surface area contributed by atoms with E-state index in [2.05, 4.69) is 58.3 Å². The molecule has 0 amide bonds. The molecule has 5 rings (SSSR count). The molecule has 0 aliphatic carbocycles. The van der Waals surface area contributed by atoms with E-state index in [-0.39, 0.29) is 6.17 Å². The first-order valence-electron chi connectivity index (χ1n) is 10.1. The fourth-order valence-electron chi connectivity index (χ4n) is 3.55. The zero-order valence-electron chi connectivity index (χ0n) is 16.6. The van der Waals surface area contributed by atoms with Crippen molar-refractivity contribution in [3.8, 4) is 22.8 Å². The van der Waals surface area contributed by atoms with E-state index in [1.54, 1.807) is 0 Å². The second kappa shape index (κ2) is 7.93. The predicted octanol–water partition coefficient (Wildman–Crippen LogP) is 4.25. The molecule has 0 radical (unpaired) electrons. The lowest BCUT2D eigenvalue weighted by Crippen LogP contribution is -2.31. The van der Waals surface area contributed by atoms with E-state index in [4.69, 9.17) is 9.98 Å². The van der Waals surface area contributed by atoms with E-state index in [0.29, 0.717) is 5.82 Å². The van der Waals surface area contributed by atoms with Gasteiger partial charge in [-0.25, -0.2) is 15.4 Å². The molecule has 1 aliphatic heterocycles. The highest BCUT2D eigenvalue weighted by Gasteiger charge is 2.20. The van der Waals surface area contributed by atoms with Gasteiger partial charge < -0.3 is 5.43 Å². The highest BCUT2D eigenvalue weighted by molar-refractivity contribution is 6.00. The van der Waals surface area contributed by atoms with Crippen LogP contribution in [0.5, 0.6) is 0 Å². The number of H-pyrrole nitrogens is 1. The summed E-state index contributed by atoms with van der Waals surface area (Å²) in [6.07, 6.45) is 0.808. The molecule has 0 saturated heterocycles. The molecule has 30 heavy (non-hydrogen) atoms. The lowest BCUT2D eigenvalue weighted by atomic mass is 10.0. The fraction of sp³-hybridized carbons (Fsp3) is 0.125. The van der Waals surface area contributed by atoms with Gasteiger partial charge in [0.25, 0.3) is 0 Å². The quantitative estimate of drug-likeness (QED) is 0.473. The van der Waals surface area contributed by atoms with E-state index in [0.717, 1.165) is 40.3 Å². The summed E-state index contributed by atoms with van der Waals surface area (Å²) in [7, 11) is 0. The zero-order valence-corrected chi connectivity index (χ0v) is 16.6. The van der Waals surface area contributed by atoms with E-state index < -0.39 is 0 Å². The summed E-state index contributed by atoms with van der Waals surface area (Å²) in [5.41, 5.74) is 11.8. The van der Waals surface area contributed by atoms with Gasteiger partial charge in [-0.05, 0) is 35.7 Å². The topological polar surface area (TPSA) is 78.0 Å². The molecule has 6 heteroatoms. The molecule has 0 saturated carbocycles. The Hall–Kier alpha value is -3.77. The number of aryl methyl sites for hydroxylation is 1. The van der Waals surface area contributed by atoms with Crippen LogP contribution in [-0.2, 0) is 6.42 Å². The second-order valence-corrected chi connectivity index (χ2v) is 7.21. The maximum absolute atomic E-state index is 4.84. The highest BCUT2D eigenvalue weighted by Crippen LogP contribution is 2.25. The Kier molecular flexibility index (Phi) is 4.83. The van der Waals surface area contributed by atoms with Gasteiger partial charge in [-0.15, -0.1) is 0 Å². The van der Waals surface area contributed by atoms with Crippen molar-refractivity contribution in [3.05, 3.63) is 95.6 Å². The van der Waals surface area contributed by atoms with Crippen molar-refractivity contribution in [3.63, 3.8) is 0 Å². The van der Waals surface area contributed by atoms with Gasteiger partial charge in [0.05, 0.1) is 0 Å². The number of amidine groups is 1. The number of nitrogens with one attached hydrogen (secondary N) is 3. The van der Waals surface area contributed by atoms with Crippen LogP contribution in [0.4, 0.5) is 0 Å². The largest absolute Gasteiger partial charge is 0.303 e. The Morgan fingerprint density at radius 1 is 0.833 bits per heavy atom. The third-order valence-corrected chi connectivity index (χ3v) is 5.17. The van der Waals surface area contributed by atoms with Crippen molar-refractivity contribution in [2.75, 3.05) is 0 Å². The van der Waals surface area contributed by atoms with E-state index in [1.807, 2.05) is 48.5 Å².